The normalized spacial score (nSPS) is 11.8. The molecule has 33 heavy (non-hydrogen) atoms. The Balaban J connectivity index is 1.68. The lowest BCUT2D eigenvalue weighted by atomic mass is 10.2. The molecule has 1 atom stereocenters. The maximum atomic E-state index is 12.5. The highest BCUT2D eigenvalue weighted by Gasteiger charge is 2.17. The van der Waals surface area contributed by atoms with Gasteiger partial charge in [-0.15, -0.1) is 0 Å². The molecule has 0 aromatic heterocycles. The molecule has 1 N–H and O–H groups in total. The minimum atomic E-state index is -0.888. The zero-order chi connectivity index (χ0) is 24.0. The maximum Gasteiger partial charge on any atom is 0.345 e. The molecule has 6 nitrogen and oxygen atoms in total. The van der Waals surface area contributed by atoms with E-state index in [-0.39, 0.29) is 21.4 Å². The van der Waals surface area contributed by atoms with Crippen LogP contribution in [0.2, 0.25) is 15.1 Å². The van der Waals surface area contributed by atoms with Crippen LogP contribution in [0, 0.1) is 0 Å². The molecule has 0 heterocycles. The van der Waals surface area contributed by atoms with Crippen LogP contribution in [-0.2, 0) is 4.79 Å². The monoisotopic (exact) mass is 568 g/mol. The van der Waals surface area contributed by atoms with E-state index in [2.05, 4.69) is 26.5 Å². The molecule has 1 amide bonds. The summed E-state index contributed by atoms with van der Waals surface area (Å²) in [6.45, 7) is 1.55. The van der Waals surface area contributed by atoms with E-state index in [1.54, 1.807) is 61.5 Å². The van der Waals surface area contributed by atoms with Gasteiger partial charge in [0.1, 0.15) is 11.5 Å². The van der Waals surface area contributed by atoms with Crippen molar-refractivity contribution in [3.05, 3.63) is 91.3 Å². The fraction of sp³-hybridized carbons (Fsp3) is 0.0870. The highest BCUT2D eigenvalue weighted by atomic mass is 79.9. The summed E-state index contributed by atoms with van der Waals surface area (Å²) in [5, 5.41) is 4.95. The van der Waals surface area contributed by atoms with Gasteiger partial charge in [-0.25, -0.2) is 10.2 Å². The number of carbonyl (C=O) groups is 2. The van der Waals surface area contributed by atoms with Crippen molar-refractivity contribution in [1.82, 2.24) is 5.43 Å². The number of carbonyl (C=O) groups excluding carboxylic acids is 2. The third kappa shape index (κ3) is 6.95. The Morgan fingerprint density at radius 3 is 2.45 bits per heavy atom. The first-order chi connectivity index (χ1) is 15.7. The van der Waals surface area contributed by atoms with Crippen LogP contribution in [0.5, 0.6) is 11.5 Å². The second-order valence-corrected chi connectivity index (χ2v) is 8.79. The van der Waals surface area contributed by atoms with E-state index in [1.807, 2.05) is 0 Å². The standard InChI is InChI=1S/C23H16BrCl3N2O4/c1-13(32-21-9-7-16(25)11-19(21)27)22(30)29-28-12-14-10-15(24)6-8-20(14)33-23(31)17-4-2-3-5-18(17)26/h2-13H,1H3,(H,29,30)/b28-12-/t13-/m1/s1. The van der Waals surface area contributed by atoms with E-state index in [1.165, 1.54) is 12.3 Å². The van der Waals surface area contributed by atoms with Crippen LogP contribution in [-0.4, -0.2) is 24.2 Å². The van der Waals surface area contributed by atoms with Gasteiger partial charge in [-0.2, -0.15) is 5.10 Å². The van der Waals surface area contributed by atoms with E-state index in [9.17, 15) is 9.59 Å². The minimum absolute atomic E-state index is 0.227. The first-order valence-corrected chi connectivity index (χ1v) is 11.4. The van der Waals surface area contributed by atoms with Crippen molar-refractivity contribution >= 4 is 68.8 Å². The molecular weight excluding hydrogens is 555 g/mol. The van der Waals surface area contributed by atoms with E-state index in [0.29, 0.717) is 16.3 Å². The summed E-state index contributed by atoms with van der Waals surface area (Å²) in [4.78, 5) is 24.8. The van der Waals surface area contributed by atoms with Gasteiger partial charge in [0.25, 0.3) is 5.91 Å². The largest absolute Gasteiger partial charge is 0.479 e. The molecule has 0 bridgehead atoms. The summed E-state index contributed by atoms with van der Waals surface area (Å²) in [5.41, 5.74) is 3.05. The van der Waals surface area contributed by atoms with Crippen molar-refractivity contribution in [2.24, 2.45) is 5.10 Å². The van der Waals surface area contributed by atoms with Gasteiger partial charge >= 0.3 is 5.97 Å². The van der Waals surface area contributed by atoms with Crippen LogP contribution in [0.4, 0.5) is 0 Å². The lowest BCUT2D eigenvalue weighted by Crippen LogP contribution is -2.33. The zero-order valence-corrected chi connectivity index (χ0v) is 20.9. The fourth-order valence-electron chi connectivity index (χ4n) is 2.57. The molecular formula is C23H16BrCl3N2O4. The van der Waals surface area contributed by atoms with Gasteiger partial charge in [0.2, 0.25) is 0 Å². The number of amides is 1. The third-order valence-corrected chi connectivity index (χ3v) is 5.57. The molecule has 0 spiro atoms. The van der Waals surface area contributed by atoms with Crippen molar-refractivity contribution in [3.63, 3.8) is 0 Å². The molecule has 3 aromatic rings. The molecule has 3 rings (SSSR count). The fourth-order valence-corrected chi connectivity index (χ4v) is 3.61. The van der Waals surface area contributed by atoms with Gasteiger partial charge in [-0.3, -0.25) is 4.79 Å². The van der Waals surface area contributed by atoms with Gasteiger partial charge in [-0.1, -0.05) is 62.9 Å². The van der Waals surface area contributed by atoms with Crippen LogP contribution in [0.3, 0.4) is 0 Å². The number of esters is 1. The summed E-state index contributed by atoms with van der Waals surface area (Å²) in [6, 6.07) is 16.2. The Bertz CT molecular complexity index is 1220. The number of ether oxygens (including phenoxy) is 2. The Kier molecular flexibility index (Phi) is 8.74. The highest BCUT2D eigenvalue weighted by molar-refractivity contribution is 9.10. The molecule has 0 fully saturated rings. The first-order valence-electron chi connectivity index (χ1n) is 9.45. The number of hydrogen-bond acceptors (Lipinski definition) is 5. The van der Waals surface area contributed by atoms with Crippen LogP contribution in [0.15, 0.2) is 70.2 Å². The summed E-state index contributed by atoms with van der Waals surface area (Å²) in [5.74, 6) is -0.586. The van der Waals surface area contributed by atoms with Crippen molar-refractivity contribution in [2.45, 2.75) is 13.0 Å². The summed E-state index contributed by atoms with van der Waals surface area (Å²) >= 11 is 21.4. The van der Waals surface area contributed by atoms with E-state index in [4.69, 9.17) is 44.3 Å². The van der Waals surface area contributed by atoms with Gasteiger partial charge < -0.3 is 9.47 Å². The van der Waals surface area contributed by atoms with Crippen molar-refractivity contribution in [3.8, 4) is 11.5 Å². The quantitative estimate of drug-likeness (QED) is 0.151. The topological polar surface area (TPSA) is 77.0 Å². The first kappa shape index (κ1) is 25.1. The smallest absolute Gasteiger partial charge is 0.345 e. The number of hydrazone groups is 1. The average Bonchev–Trinajstić information content (AvgIpc) is 2.77. The molecule has 3 aromatic carbocycles. The van der Waals surface area contributed by atoms with Crippen molar-refractivity contribution in [2.75, 3.05) is 0 Å². The van der Waals surface area contributed by atoms with Gasteiger partial charge in [0.05, 0.1) is 21.8 Å². The van der Waals surface area contributed by atoms with E-state index < -0.39 is 18.0 Å². The Labute approximate surface area is 213 Å². The number of nitrogens with one attached hydrogen (secondary N) is 1. The molecule has 0 aliphatic carbocycles. The predicted molar refractivity (Wildman–Crippen MR) is 133 cm³/mol. The number of nitrogens with zero attached hydrogens (tertiary/aromatic N) is 1. The molecule has 0 saturated heterocycles. The lowest BCUT2D eigenvalue weighted by Gasteiger charge is -2.14. The summed E-state index contributed by atoms with van der Waals surface area (Å²) in [7, 11) is 0. The molecule has 0 aliphatic heterocycles. The predicted octanol–water partition coefficient (Wildman–Crippen LogP) is 6.55. The third-order valence-electron chi connectivity index (χ3n) is 4.21. The number of halogens is 4. The molecule has 0 aliphatic rings. The van der Waals surface area contributed by atoms with Gasteiger partial charge in [0, 0.05) is 15.1 Å². The Morgan fingerprint density at radius 2 is 1.73 bits per heavy atom. The Morgan fingerprint density at radius 1 is 1.00 bits per heavy atom. The van der Waals surface area contributed by atoms with Crippen molar-refractivity contribution in [1.29, 1.82) is 0 Å². The minimum Gasteiger partial charge on any atom is -0.479 e. The van der Waals surface area contributed by atoms with Gasteiger partial charge in [-0.05, 0) is 55.5 Å². The second-order valence-electron chi connectivity index (χ2n) is 6.62. The highest BCUT2D eigenvalue weighted by Crippen LogP contribution is 2.28. The molecule has 0 saturated carbocycles. The zero-order valence-electron chi connectivity index (χ0n) is 17.0. The molecule has 170 valence electrons. The summed E-state index contributed by atoms with van der Waals surface area (Å²) in [6.07, 6.45) is 0.459. The number of hydrogen-bond donors (Lipinski definition) is 1. The van der Waals surface area contributed by atoms with E-state index in [0.717, 1.165) is 4.47 Å². The van der Waals surface area contributed by atoms with Crippen LogP contribution in [0.25, 0.3) is 0 Å². The maximum absolute atomic E-state index is 12.5. The number of benzene rings is 3. The Hall–Kier alpha value is -2.58. The van der Waals surface area contributed by atoms with Crippen molar-refractivity contribution < 1.29 is 19.1 Å². The summed E-state index contributed by atoms with van der Waals surface area (Å²) < 4.78 is 11.8. The average molecular weight is 571 g/mol. The molecule has 10 heteroatoms. The van der Waals surface area contributed by atoms with Crippen LogP contribution < -0.4 is 14.9 Å². The van der Waals surface area contributed by atoms with Crippen LogP contribution >= 0.6 is 50.7 Å². The van der Waals surface area contributed by atoms with Gasteiger partial charge in [0.15, 0.2) is 6.10 Å². The second kappa shape index (κ2) is 11.5. The molecule has 0 radical (unpaired) electrons. The van der Waals surface area contributed by atoms with Crippen LogP contribution in [0.1, 0.15) is 22.8 Å². The lowest BCUT2D eigenvalue weighted by molar-refractivity contribution is -0.127. The molecule has 0 unspecified atom stereocenters. The SMILES string of the molecule is C[C@@H](Oc1ccc(Cl)cc1Cl)C(=O)N/N=C\c1cc(Br)ccc1OC(=O)c1ccccc1Cl. The van der Waals surface area contributed by atoms with E-state index >= 15 is 0 Å². The number of rotatable bonds is 7.